The highest BCUT2D eigenvalue weighted by Crippen LogP contribution is 2.27. The van der Waals surface area contributed by atoms with Crippen LogP contribution in [-0.4, -0.2) is 32.9 Å². The van der Waals surface area contributed by atoms with Gasteiger partial charge in [-0.2, -0.15) is 4.31 Å². The minimum absolute atomic E-state index is 0.112. The number of nitrogens with zero attached hydrogens (tertiary/aromatic N) is 1. The van der Waals surface area contributed by atoms with Gasteiger partial charge in [0.05, 0.1) is 16.7 Å². The van der Waals surface area contributed by atoms with E-state index >= 15 is 0 Å². The van der Waals surface area contributed by atoms with E-state index in [1.807, 2.05) is 43.3 Å². The topological polar surface area (TPSA) is 71.5 Å². The SMILES string of the molecule is Cc1ccc(S(=O)(=O)N(Cc2ccccc2)C2C=CS(=O)(=O)C2)c(C)c1. The van der Waals surface area contributed by atoms with Crippen LogP contribution in [0.15, 0.2) is 64.9 Å². The van der Waals surface area contributed by atoms with Crippen LogP contribution in [0.5, 0.6) is 0 Å². The molecule has 26 heavy (non-hydrogen) atoms. The molecule has 0 saturated heterocycles. The molecule has 1 heterocycles. The molecule has 2 aromatic carbocycles. The zero-order valence-electron chi connectivity index (χ0n) is 14.7. The van der Waals surface area contributed by atoms with E-state index in [1.54, 1.807) is 19.1 Å². The Morgan fingerprint density at radius 1 is 1.08 bits per heavy atom. The molecule has 1 aliphatic heterocycles. The Hall–Kier alpha value is -1.96. The molecule has 1 atom stereocenters. The first-order valence-electron chi connectivity index (χ1n) is 8.23. The lowest BCUT2D eigenvalue weighted by atomic mass is 10.2. The Morgan fingerprint density at radius 3 is 2.35 bits per heavy atom. The van der Waals surface area contributed by atoms with Gasteiger partial charge in [0.1, 0.15) is 0 Å². The van der Waals surface area contributed by atoms with E-state index in [-0.39, 0.29) is 17.2 Å². The van der Waals surface area contributed by atoms with Crippen LogP contribution in [0, 0.1) is 13.8 Å². The summed E-state index contributed by atoms with van der Waals surface area (Å²) in [6.07, 6.45) is 1.46. The Morgan fingerprint density at radius 2 is 1.77 bits per heavy atom. The molecule has 0 amide bonds. The summed E-state index contributed by atoms with van der Waals surface area (Å²) in [5.74, 6) is -0.232. The summed E-state index contributed by atoms with van der Waals surface area (Å²) in [7, 11) is -7.24. The molecule has 2 aromatic rings. The number of sulfonamides is 1. The lowest BCUT2D eigenvalue weighted by Crippen LogP contribution is -2.40. The van der Waals surface area contributed by atoms with Crippen LogP contribution < -0.4 is 0 Å². The fraction of sp³-hybridized carbons (Fsp3) is 0.263. The molecule has 0 fully saturated rings. The zero-order chi connectivity index (χ0) is 18.9. The normalized spacial score (nSPS) is 19.1. The monoisotopic (exact) mass is 391 g/mol. The third kappa shape index (κ3) is 3.90. The molecule has 0 aliphatic carbocycles. The van der Waals surface area contributed by atoms with Crippen molar-refractivity contribution < 1.29 is 16.8 Å². The number of aryl methyl sites for hydroxylation is 2. The van der Waals surface area contributed by atoms with E-state index in [0.29, 0.717) is 5.56 Å². The predicted octanol–water partition coefficient (Wildman–Crippen LogP) is 2.81. The van der Waals surface area contributed by atoms with Crippen molar-refractivity contribution in [2.75, 3.05) is 5.75 Å². The minimum Gasteiger partial charge on any atom is -0.224 e. The first kappa shape index (κ1) is 18.8. The van der Waals surface area contributed by atoms with Gasteiger partial charge in [0.15, 0.2) is 9.84 Å². The molecule has 0 bridgehead atoms. The third-order valence-electron chi connectivity index (χ3n) is 4.38. The summed E-state index contributed by atoms with van der Waals surface area (Å²) < 4.78 is 51.7. The van der Waals surface area contributed by atoms with Crippen molar-refractivity contribution in [3.63, 3.8) is 0 Å². The summed E-state index contributed by atoms with van der Waals surface area (Å²) in [6.45, 7) is 3.76. The van der Waals surface area contributed by atoms with Crippen molar-refractivity contribution >= 4 is 19.9 Å². The maximum atomic E-state index is 13.4. The van der Waals surface area contributed by atoms with Crippen molar-refractivity contribution in [1.82, 2.24) is 4.31 Å². The second kappa shape index (κ2) is 6.98. The van der Waals surface area contributed by atoms with Crippen LogP contribution in [0.3, 0.4) is 0 Å². The standard InChI is InChI=1S/C19H21NO4S2/c1-15-8-9-19(16(2)12-15)26(23,24)20(13-17-6-4-3-5-7-17)18-10-11-25(21,22)14-18/h3-12,18H,13-14H2,1-2H3. The van der Waals surface area contributed by atoms with Gasteiger partial charge >= 0.3 is 0 Å². The summed E-state index contributed by atoms with van der Waals surface area (Å²) >= 11 is 0. The molecule has 0 spiro atoms. The van der Waals surface area contributed by atoms with E-state index in [9.17, 15) is 16.8 Å². The summed E-state index contributed by atoms with van der Waals surface area (Å²) in [6, 6.07) is 13.6. The lowest BCUT2D eigenvalue weighted by molar-refractivity contribution is 0.375. The van der Waals surface area contributed by atoms with E-state index in [1.165, 1.54) is 10.4 Å². The van der Waals surface area contributed by atoms with E-state index in [4.69, 9.17) is 0 Å². The largest absolute Gasteiger partial charge is 0.244 e. The fourth-order valence-electron chi connectivity index (χ4n) is 3.10. The predicted molar refractivity (Wildman–Crippen MR) is 102 cm³/mol. The number of rotatable bonds is 5. The Labute approximate surface area is 154 Å². The van der Waals surface area contributed by atoms with E-state index in [2.05, 4.69) is 0 Å². The summed E-state index contributed by atoms with van der Waals surface area (Å²) in [4.78, 5) is 0.205. The van der Waals surface area contributed by atoms with E-state index in [0.717, 1.165) is 16.5 Å². The Bertz CT molecular complexity index is 1040. The first-order chi connectivity index (χ1) is 12.2. The zero-order valence-corrected chi connectivity index (χ0v) is 16.3. The molecule has 0 aromatic heterocycles. The highest BCUT2D eigenvalue weighted by atomic mass is 32.2. The number of benzene rings is 2. The summed E-state index contributed by atoms with van der Waals surface area (Å²) in [5, 5.41) is 1.10. The quantitative estimate of drug-likeness (QED) is 0.786. The van der Waals surface area contributed by atoms with Gasteiger partial charge in [0, 0.05) is 12.0 Å². The van der Waals surface area contributed by atoms with Crippen molar-refractivity contribution in [2.45, 2.75) is 31.3 Å². The molecule has 0 N–H and O–H groups in total. The average molecular weight is 392 g/mol. The number of sulfone groups is 1. The highest BCUT2D eigenvalue weighted by molar-refractivity contribution is 7.94. The van der Waals surface area contributed by atoms with E-state index < -0.39 is 25.9 Å². The van der Waals surface area contributed by atoms with Gasteiger partial charge in [0.2, 0.25) is 10.0 Å². The Balaban J connectivity index is 2.06. The molecular weight excluding hydrogens is 370 g/mol. The van der Waals surface area contributed by atoms with Gasteiger partial charge in [0.25, 0.3) is 0 Å². The van der Waals surface area contributed by atoms with Crippen molar-refractivity contribution in [3.05, 3.63) is 76.7 Å². The van der Waals surface area contributed by atoms with Crippen molar-refractivity contribution in [3.8, 4) is 0 Å². The molecule has 138 valence electrons. The molecule has 1 aliphatic rings. The van der Waals surface area contributed by atoms with Crippen LogP contribution >= 0.6 is 0 Å². The highest BCUT2D eigenvalue weighted by Gasteiger charge is 2.36. The lowest BCUT2D eigenvalue weighted by Gasteiger charge is -2.27. The second-order valence-corrected chi connectivity index (χ2v) is 10.3. The van der Waals surface area contributed by atoms with Gasteiger partial charge in [-0.15, -0.1) is 0 Å². The molecule has 5 nitrogen and oxygen atoms in total. The first-order valence-corrected chi connectivity index (χ1v) is 11.4. The molecular formula is C19H21NO4S2. The average Bonchev–Trinajstić information content (AvgIpc) is 2.92. The van der Waals surface area contributed by atoms with Crippen molar-refractivity contribution in [1.29, 1.82) is 0 Å². The van der Waals surface area contributed by atoms with Gasteiger partial charge in [-0.3, -0.25) is 0 Å². The van der Waals surface area contributed by atoms with Crippen LogP contribution in [-0.2, 0) is 26.4 Å². The maximum Gasteiger partial charge on any atom is 0.244 e. The van der Waals surface area contributed by atoms with Gasteiger partial charge in [-0.05, 0) is 31.0 Å². The van der Waals surface area contributed by atoms with Gasteiger partial charge in [-0.1, -0.05) is 54.1 Å². The smallest absolute Gasteiger partial charge is 0.224 e. The third-order valence-corrected chi connectivity index (χ3v) is 7.79. The maximum absolute atomic E-state index is 13.4. The summed E-state index contributed by atoms with van der Waals surface area (Å²) in [5.41, 5.74) is 2.42. The van der Waals surface area contributed by atoms with Crippen LogP contribution in [0.1, 0.15) is 16.7 Å². The molecule has 3 rings (SSSR count). The van der Waals surface area contributed by atoms with Crippen LogP contribution in [0.25, 0.3) is 0 Å². The number of hydrogen-bond donors (Lipinski definition) is 0. The molecule has 7 heteroatoms. The number of hydrogen-bond acceptors (Lipinski definition) is 4. The molecule has 0 saturated carbocycles. The fourth-order valence-corrected chi connectivity index (χ4v) is 6.27. The second-order valence-electron chi connectivity index (χ2n) is 6.53. The van der Waals surface area contributed by atoms with Crippen LogP contribution in [0.2, 0.25) is 0 Å². The molecule has 1 unspecified atom stereocenters. The molecule has 0 radical (unpaired) electrons. The Kier molecular flexibility index (Phi) is 5.05. The van der Waals surface area contributed by atoms with Gasteiger partial charge < -0.3 is 0 Å². The van der Waals surface area contributed by atoms with Gasteiger partial charge in [-0.25, -0.2) is 16.8 Å². The van der Waals surface area contributed by atoms with Crippen molar-refractivity contribution in [2.24, 2.45) is 0 Å². The van der Waals surface area contributed by atoms with Crippen LogP contribution in [0.4, 0.5) is 0 Å². The minimum atomic E-state index is -3.86.